The number of nitrogens with zero attached hydrogens (tertiary/aromatic N) is 1. The summed E-state index contributed by atoms with van der Waals surface area (Å²) in [6.45, 7) is 1.75. The van der Waals surface area contributed by atoms with Crippen molar-refractivity contribution >= 4 is 23.2 Å². The zero-order valence-corrected chi connectivity index (χ0v) is 8.88. The maximum absolute atomic E-state index is 11.2. The highest BCUT2D eigenvalue weighted by molar-refractivity contribution is 6.31. The average Bonchev–Trinajstić information content (AvgIpc) is 2.21. The summed E-state index contributed by atoms with van der Waals surface area (Å²) >= 11 is 5.74. The number of carbonyl (C=O) groups is 1. The van der Waals surface area contributed by atoms with Crippen molar-refractivity contribution in [2.45, 2.75) is 6.92 Å². The molecule has 0 atom stereocenters. The molecule has 0 unspecified atom stereocenters. The van der Waals surface area contributed by atoms with E-state index in [1.807, 2.05) is 6.07 Å². The number of hydrogen-bond acceptors (Lipinski definition) is 2. The summed E-state index contributed by atoms with van der Waals surface area (Å²) in [7, 11) is 0. The number of nitrogens with one attached hydrogen (secondary N) is 1. The molecule has 76 valence electrons. The molecule has 1 amide bonds. The topological polar surface area (TPSA) is 52.9 Å². The summed E-state index contributed by atoms with van der Waals surface area (Å²) in [6.07, 6.45) is 3.04. The Morgan fingerprint density at radius 1 is 1.60 bits per heavy atom. The van der Waals surface area contributed by atoms with Crippen LogP contribution in [0, 0.1) is 11.3 Å². The van der Waals surface area contributed by atoms with Crippen LogP contribution in [0.3, 0.4) is 0 Å². The van der Waals surface area contributed by atoms with Gasteiger partial charge in [0, 0.05) is 5.69 Å². The number of rotatable bonds is 2. The van der Waals surface area contributed by atoms with Crippen molar-refractivity contribution in [3.8, 4) is 6.07 Å². The van der Waals surface area contributed by atoms with Crippen LogP contribution >= 0.6 is 11.6 Å². The van der Waals surface area contributed by atoms with Gasteiger partial charge in [-0.1, -0.05) is 17.7 Å². The molecule has 0 aliphatic rings. The molecule has 1 rings (SSSR count). The summed E-state index contributed by atoms with van der Waals surface area (Å²) in [4.78, 5) is 11.2. The maximum atomic E-state index is 11.2. The first-order valence-corrected chi connectivity index (χ1v) is 4.68. The largest absolute Gasteiger partial charge is 0.322 e. The Kier molecular flexibility index (Phi) is 3.90. The predicted octanol–water partition coefficient (Wildman–Crippen LogP) is 2.73. The second kappa shape index (κ2) is 5.18. The van der Waals surface area contributed by atoms with Gasteiger partial charge in [0.2, 0.25) is 5.91 Å². The van der Waals surface area contributed by atoms with Gasteiger partial charge >= 0.3 is 0 Å². The SMILES string of the molecule is CC=CC(=O)Nc1ccc(Cl)c(C#N)c1. The predicted molar refractivity (Wildman–Crippen MR) is 59.6 cm³/mol. The number of carbonyl (C=O) groups excluding carboxylic acids is 1. The van der Waals surface area contributed by atoms with E-state index < -0.39 is 0 Å². The molecule has 0 fully saturated rings. The van der Waals surface area contributed by atoms with Crippen LogP contribution in [0.2, 0.25) is 5.02 Å². The Labute approximate surface area is 93.0 Å². The molecule has 0 aliphatic heterocycles. The Balaban J connectivity index is 2.89. The molecule has 3 nitrogen and oxygen atoms in total. The number of anilines is 1. The highest BCUT2D eigenvalue weighted by Gasteiger charge is 2.02. The molecule has 0 saturated heterocycles. The molecule has 0 heterocycles. The normalized spacial score (nSPS) is 9.93. The fraction of sp³-hybridized carbons (Fsp3) is 0.0909. The van der Waals surface area contributed by atoms with Gasteiger partial charge in [0.05, 0.1) is 10.6 Å². The minimum Gasteiger partial charge on any atom is -0.322 e. The molecule has 15 heavy (non-hydrogen) atoms. The average molecular weight is 221 g/mol. The molecule has 1 N–H and O–H groups in total. The van der Waals surface area contributed by atoms with E-state index in [2.05, 4.69) is 5.32 Å². The van der Waals surface area contributed by atoms with Crippen LogP contribution in [0.1, 0.15) is 12.5 Å². The van der Waals surface area contributed by atoms with Crippen molar-refractivity contribution in [3.05, 3.63) is 40.9 Å². The monoisotopic (exact) mass is 220 g/mol. The van der Waals surface area contributed by atoms with E-state index in [0.29, 0.717) is 16.3 Å². The molecule has 0 bridgehead atoms. The van der Waals surface area contributed by atoms with Gasteiger partial charge in [-0.15, -0.1) is 0 Å². The van der Waals surface area contributed by atoms with E-state index in [9.17, 15) is 4.79 Å². The van der Waals surface area contributed by atoms with Crippen molar-refractivity contribution in [2.24, 2.45) is 0 Å². The Morgan fingerprint density at radius 3 is 2.93 bits per heavy atom. The summed E-state index contributed by atoms with van der Waals surface area (Å²) in [5.41, 5.74) is 0.897. The van der Waals surface area contributed by atoms with Crippen molar-refractivity contribution < 1.29 is 4.79 Å². The van der Waals surface area contributed by atoms with Gasteiger partial charge in [0.15, 0.2) is 0 Å². The number of allylic oxidation sites excluding steroid dienone is 1. The molecule has 0 saturated carbocycles. The fourth-order valence-electron chi connectivity index (χ4n) is 1.02. The van der Waals surface area contributed by atoms with Crippen LogP contribution in [0.4, 0.5) is 5.69 Å². The van der Waals surface area contributed by atoms with Crippen LogP contribution in [0.15, 0.2) is 30.4 Å². The lowest BCUT2D eigenvalue weighted by Gasteiger charge is -2.02. The zero-order chi connectivity index (χ0) is 11.3. The molecule has 0 spiro atoms. The van der Waals surface area contributed by atoms with Gasteiger partial charge < -0.3 is 5.32 Å². The third-order valence-electron chi connectivity index (χ3n) is 1.67. The van der Waals surface area contributed by atoms with E-state index in [1.165, 1.54) is 12.1 Å². The van der Waals surface area contributed by atoms with Crippen LogP contribution in [0.25, 0.3) is 0 Å². The van der Waals surface area contributed by atoms with Crippen LogP contribution in [-0.4, -0.2) is 5.91 Å². The Hall–Kier alpha value is -1.79. The number of benzene rings is 1. The summed E-state index contributed by atoms with van der Waals surface area (Å²) in [5.74, 6) is -0.233. The molecule has 0 aromatic heterocycles. The molecule has 1 aromatic carbocycles. The van der Waals surface area contributed by atoms with E-state index in [4.69, 9.17) is 16.9 Å². The second-order valence-corrected chi connectivity index (χ2v) is 3.20. The number of hydrogen-bond donors (Lipinski definition) is 1. The van der Waals surface area contributed by atoms with Crippen LogP contribution in [0.5, 0.6) is 0 Å². The summed E-state index contributed by atoms with van der Waals surface area (Å²) < 4.78 is 0. The van der Waals surface area contributed by atoms with Gasteiger partial charge in [0.1, 0.15) is 6.07 Å². The highest BCUT2D eigenvalue weighted by atomic mass is 35.5. The fourth-order valence-corrected chi connectivity index (χ4v) is 1.18. The van der Waals surface area contributed by atoms with E-state index in [0.717, 1.165) is 0 Å². The van der Waals surface area contributed by atoms with Crippen molar-refractivity contribution in [1.29, 1.82) is 5.26 Å². The lowest BCUT2D eigenvalue weighted by atomic mass is 10.2. The molecule has 0 aliphatic carbocycles. The molecule has 0 radical (unpaired) electrons. The quantitative estimate of drug-likeness (QED) is 0.780. The van der Waals surface area contributed by atoms with Crippen molar-refractivity contribution in [2.75, 3.05) is 5.32 Å². The first kappa shape index (κ1) is 11.3. The zero-order valence-electron chi connectivity index (χ0n) is 8.12. The third kappa shape index (κ3) is 3.12. The first-order chi connectivity index (χ1) is 7.17. The smallest absolute Gasteiger partial charge is 0.248 e. The van der Waals surface area contributed by atoms with E-state index in [-0.39, 0.29) is 5.91 Å². The first-order valence-electron chi connectivity index (χ1n) is 4.30. The van der Waals surface area contributed by atoms with Crippen LogP contribution < -0.4 is 5.32 Å². The van der Waals surface area contributed by atoms with Crippen molar-refractivity contribution in [3.63, 3.8) is 0 Å². The van der Waals surface area contributed by atoms with Gasteiger partial charge in [-0.3, -0.25) is 4.79 Å². The highest BCUT2D eigenvalue weighted by Crippen LogP contribution is 2.19. The number of amides is 1. The molecular weight excluding hydrogens is 212 g/mol. The van der Waals surface area contributed by atoms with Gasteiger partial charge in [-0.2, -0.15) is 5.26 Å². The lowest BCUT2D eigenvalue weighted by molar-refractivity contribution is -0.111. The van der Waals surface area contributed by atoms with Gasteiger partial charge in [0.25, 0.3) is 0 Å². The summed E-state index contributed by atoms with van der Waals surface area (Å²) in [5, 5.41) is 11.7. The van der Waals surface area contributed by atoms with E-state index in [1.54, 1.807) is 25.1 Å². The second-order valence-electron chi connectivity index (χ2n) is 2.80. The van der Waals surface area contributed by atoms with Crippen molar-refractivity contribution in [1.82, 2.24) is 0 Å². The van der Waals surface area contributed by atoms with E-state index >= 15 is 0 Å². The Morgan fingerprint density at radius 2 is 2.33 bits per heavy atom. The van der Waals surface area contributed by atoms with Crippen LogP contribution in [-0.2, 0) is 4.79 Å². The number of halogens is 1. The molecule has 4 heteroatoms. The molecular formula is C11H9ClN2O. The van der Waals surface area contributed by atoms with Gasteiger partial charge in [-0.05, 0) is 31.2 Å². The lowest BCUT2D eigenvalue weighted by Crippen LogP contribution is -2.07. The summed E-state index contributed by atoms with van der Waals surface area (Å²) in [6, 6.07) is 6.69. The number of nitriles is 1. The van der Waals surface area contributed by atoms with Gasteiger partial charge in [-0.25, -0.2) is 0 Å². The minimum absolute atomic E-state index is 0.233. The molecule has 1 aromatic rings. The third-order valence-corrected chi connectivity index (χ3v) is 2.00. The maximum Gasteiger partial charge on any atom is 0.248 e. The minimum atomic E-state index is -0.233. The standard InChI is InChI=1S/C11H9ClN2O/c1-2-3-11(15)14-9-4-5-10(12)8(6-9)7-13/h2-6H,1H3,(H,14,15). The Bertz CT molecular complexity index is 446.